The summed E-state index contributed by atoms with van der Waals surface area (Å²) >= 11 is 0. The van der Waals surface area contributed by atoms with Gasteiger partial charge in [-0.2, -0.15) is 0 Å². The first-order valence-electron chi connectivity index (χ1n) is 14.4. The third kappa shape index (κ3) is 4.81. The monoisotopic (exact) mass is 538 g/mol. The molecule has 4 aromatic carbocycles. The zero-order valence-corrected chi connectivity index (χ0v) is 23.2. The molecule has 3 aliphatic rings. The topological polar surface area (TPSA) is 36.9 Å². The molecule has 2 aliphatic heterocycles. The zero-order chi connectivity index (χ0) is 27.8. The molecule has 2 saturated heterocycles. The Morgan fingerprint density at radius 2 is 0.951 bits per heavy atom. The van der Waals surface area contributed by atoms with E-state index in [4.69, 9.17) is 18.6 Å². The number of fused-ring (bicyclic) bond motifs is 3. The molecule has 0 atom stereocenters. The minimum atomic E-state index is -0.337. The molecule has 202 valence electrons. The van der Waals surface area contributed by atoms with E-state index in [1.807, 2.05) is 12.2 Å². The highest BCUT2D eigenvalue weighted by molar-refractivity contribution is 6.62. The molecule has 6 heteroatoms. The highest BCUT2D eigenvalue weighted by Crippen LogP contribution is 2.52. The molecular weight excluding hydrogens is 506 g/mol. The van der Waals surface area contributed by atoms with Crippen LogP contribution < -0.4 is 10.9 Å². The third-order valence-electron chi connectivity index (χ3n) is 8.64. The van der Waals surface area contributed by atoms with Gasteiger partial charge in [0.1, 0.15) is 0 Å². The largest absolute Gasteiger partial charge is 0.494 e. The van der Waals surface area contributed by atoms with E-state index in [1.165, 1.54) is 33.4 Å². The molecule has 0 N–H and O–H groups in total. The number of rotatable bonds is 8. The second-order valence-corrected chi connectivity index (χ2v) is 11.1. The molecule has 4 nitrogen and oxygen atoms in total. The van der Waals surface area contributed by atoms with Gasteiger partial charge in [-0.15, -0.1) is 0 Å². The Kier molecular flexibility index (Phi) is 7.01. The summed E-state index contributed by atoms with van der Waals surface area (Å²) in [6, 6.07) is 31.0. The molecule has 0 bridgehead atoms. The van der Waals surface area contributed by atoms with E-state index in [0.717, 1.165) is 34.9 Å². The summed E-state index contributed by atoms with van der Waals surface area (Å²) in [6.45, 7) is 10.4. The summed E-state index contributed by atoms with van der Waals surface area (Å²) in [7, 11) is -0.673. The van der Waals surface area contributed by atoms with Gasteiger partial charge in [-0.1, -0.05) is 110 Å². The van der Waals surface area contributed by atoms with Crippen molar-refractivity contribution in [1.82, 2.24) is 0 Å². The van der Waals surface area contributed by atoms with Crippen molar-refractivity contribution in [2.45, 2.75) is 18.3 Å². The van der Waals surface area contributed by atoms with Gasteiger partial charge in [-0.05, 0) is 68.3 Å². The van der Waals surface area contributed by atoms with Crippen LogP contribution in [0.15, 0.2) is 98.1 Å². The lowest BCUT2D eigenvalue weighted by Crippen LogP contribution is -2.37. The molecule has 2 heterocycles. The fraction of sp³-hybridized carbons (Fsp3) is 0.200. The minimum absolute atomic E-state index is 0.334. The third-order valence-corrected chi connectivity index (χ3v) is 8.64. The van der Waals surface area contributed by atoms with E-state index in [-0.39, 0.29) is 19.7 Å². The quantitative estimate of drug-likeness (QED) is 0.289. The molecule has 0 saturated carbocycles. The maximum atomic E-state index is 5.94. The fourth-order valence-corrected chi connectivity index (χ4v) is 6.61. The van der Waals surface area contributed by atoms with Crippen LogP contribution in [0.1, 0.15) is 33.4 Å². The van der Waals surface area contributed by atoms with Gasteiger partial charge < -0.3 is 18.6 Å². The Morgan fingerprint density at radius 1 is 0.561 bits per heavy atom. The van der Waals surface area contributed by atoms with Crippen LogP contribution >= 0.6 is 0 Å². The van der Waals surface area contributed by atoms with Crippen molar-refractivity contribution < 1.29 is 18.6 Å². The second kappa shape index (κ2) is 11.0. The van der Waals surface area contributed by atoms with Crippen molar-refractivity contribution in [2.24, 2.45) is 0 Å². The molecule has 0 amide bonds. The number of hydrogen-bond donors (Lipinski definition) is 0. The summed E-state index contributed by atoms with van der Waals surface area (Å²) in [4.78, 5) is 0. The molecule has 41 heavy (non-hydrogen) atoms. The van der Waals surface area contributed by atoms with Gasteiger partial charge in [0.15, 0.2) is 0 Å². The molecule has 1 aliphatic carbocycles. The normalized spacial score (nSPS) is 17.0. The molecule has 0 radical (unpaired) electrons. The van der Waals surface area contributed by atoms with Gasteiger partial charge in [0.05, 0.1) is 26.4 Å². The molecule has 0 spiro atoms. The van der Waals surface area contributed by atoms with Gasteiger partial charge >= 0.3 is 14.2 Å². The number of hydrogen-bond acceptors (Lipinski definition) is 4. The molecule has 0 aromatic heterocycles. The van der Waals surface area contributed by atoms with Crippen LogP contribution in [-0.4, -0.2) is 40.7 Å². The molecule has 7 rings (SSSR count). The Balaban J connectivity index is 1.43. The standard InChI is InChI=1S/C35H32B2O4/c1-3-25-5-9-27(10-6-25)23-35(24-28-11-7-26(4-2)8-12-28)33-21-29(36-38-17-18-39-36)13-15-31(33)32-16-14-30(22-34(32)35)37-40-19-20-41-37/h3-16,21-22H,1-2,17-20,23-24H2. The van der Waals surface area contributed by atoms with E-state index in [0.29, 0.717) is 26.4 Å². The highest BCUT2D eigenvalue weighted by Gasteiger charge is 2.45. The van der Waals surface area contributed by atoms with Crippen LogP contribution in [0.4, 0.5) is 0 Å². The predicted octanol–water partition coefficient (Wildman–Crippen LogP) is 5.21. The minimum Gasteiger partial charge on any atom is -0.405 e. The SMILES string of the molecule is C=Cc1ccc(CC2(Cc3ccc(C=C)cc3)c3cc(B4OCCO4)ccc3-c3ccc(B4OCCO4)cc32)cc1. The van der Waals surface area contributed by atoms with Crippen molar-refractivity contribution in [3.63, 3.8) is 0 Å². The van der Waals surface area contributed by atoms with E-state index in [1.54, 1.807) is 0 Å². The van der Waals surface area contributed by atoms with E-state index < -0.39 is 0 Å². The smallest absolute Gasteiger partial charge is 0.405 e. The van der Waals surface area contributed by atoms with Crippen molar-refractivity contribution in [3.8, 4) is 11.1 Å². The average molecular weight is 538 g/mol. The summed E-state index contributed by atoms with van der Waals surface area (Å²) in [5.74, 6) is 0. The summed E-state index contributed by atoms with van der Waals surface area (Å²) in [5, 5.41) is 0. The van der Waals surface area contributed by atoms with Gasteiger partial charge in [-0.25, -0.2) is 0 Å². The number of benzene rings is 4. The van der Waals surface area contributed by atoms with Gasteiger partial charge in [-0.3, -0.25) is 0 Å². The molecule has 4 aromatic rings. The van der Waals surface area contributed by atoms with Gasteiger partial charge in [0.2, 0.25) is 0 Å². The first kappa shape index (κ1) is 26.2. The lowest BCUT2D eigenvalue weighted by atomic mass is 9.66. The van der Waals surface area contributed by atoms with E-state index >= 15 is 0 Å². The van der Waals surface area contributed by atoms with Crippen molar-refractivity contribution in [1.29, 1.82) is 0 Å². The van der Waals surface area contributed by atoms with Gasteiger partial charge in [0.25, 0.3) is 0 Å². The van der Waals surface area contributed by atoms with Crippen LogP contribution in [-0.2, 0) is 36.9 Å². The first-order valence-corrected chi connectivity index (χ1v) is 14.4. The van der Waals surface area contributed by atoms with Crippen LogP contribution in [0.2, 0.25) is 0 Å². The van der Waals surface area contributed by atoms with E-state index in [2.05, 4.69) is 98.1 Å². The van der Waals surface area contributed by atoms with Crippen LogP contribution in [0, 0.1) is 0 Å². The fourth-order valence-electron chi connectivity index (χ4n) is 6.61. The van der Waals surface area contributed by atoms with Gasteiger partial charge in [0, 0.05) is 5.41 Å². The lowest BCUT2D eigenvalue weighted by Gasteiger charge is -2.34. The predicted molar refractivity (Wildman–Crippen MR) is 168 cm³/mol. The Hall–Kier alpha value is -3.67. The molecular formula is C35H32B2O4. The van der Waals surface area contributed by atoms with Crippen molar-refractivity contribution in [3.05, 3.63) is 131 Å². The molecule has 0 unspecified atom stereocenters. The summed E-state index contributed by atoms with van der Waals surface area (Å²) < 4.78 is 23.8. The maximum absolute atomic E-state index is 5.94. The van der Waals surface area contributed by atoms with Crippen LogP contribution in [0.3, 0.4) is 0 Å². The molecule has 2 fully saturated rings. The van der Waals surface area contributed by atoms with E-state index in [9.17, 15) is 0 Å². The lowest BCUT2D eigenvalue weighted by molar-refractivity contribution is 0.365. The zero-order valence-electron chi connectivity index (χ0n) is 23.2. The Labute approximate surface area is 242 Å². The summed E-state index contributed by atoms with van der Waals surface area (Å²) in [5.41, 5.74) is 11.7. The van der Waals surface area contributed by atoms with Crippen LogP contribution in [0.5, 0.6) is 0 Å². The average Bonchev–Trinajstić information content (AvgIpc) is 3.80. The summed E-state index contributed by atoms with van der Waals surface area (Å²) in [6.07, 6.45) is 5.45. The van der Waals surface area contributed by atoms with Crippen molar-refractivity contribution in [2.75, 3.05) is 26.4 Å². The Morgan fingerprint density at radius 3 is 1.32 bits per heavy atom. The Bertz CT molecular complexity index is 1460. The maximum Gasteiger partial charge on any atom is 0.494 e. The van der Waals surface area contributed by atoms with Crippen molar-refractivity contribution >= 4 is 37.3 Å². The first-order chi connectivity index (χ1) is 20.2. The highest BCUT2D eigenvalue weighted by atomic mass is 16.6. The second-order valence-electron chi connectivity index (χ2n) is 11.1. The van der Waals surface area contributed by atoms with Crippen LogP contribution in [0.25, 0.3) is 23.3 Å².